The first kappa shape index (κ1) is 22.8. The minimum atomic E-state index is -4.55. The quantitative estimate of drug-likeness (QED) is 0.379. The van der Waals surface area contributed by atoms with Gasteiger partial charge < -0.3 is 10.1 Å². The smallest absolute Gasteiger partial charge is 0.433 e. The zero-order chi connectivity index (χ0) is 24.4. The summed E-state index contributed by atoms with van der Waals surface area (Å²) in [6.45, 7) is 0.984. The van der Waals surface area contributed by atoms with Crippen LogP contribution in [0.1, 0.15) is 25.0 Å². The summed E-state index contributed by atoms with van der Waals surface area (Å²) in [5.41, 5.74) is 1.52. The molecule has 1 saturated carbocycles. The molecule has 0 saturated heterocycles. The number of carbonyl (C=O) groups excluding carboxylic acids is 1. The minimum Gasteiger partial charge on any atom is -0.478 e. The van der Waals surface area contributed by atoms with Crippen molar-refractivity contribution in [3.63, 3.8) is 0 Å². The minimum absolute atomic E-state index is 0.114. The van der Waals surface area contributed by atoms with Crippen LogP contribution in [-0.2, 0) is 11.0 Å². The fraction of sp³-hybridized carbons (Fsp3) is 0.292. The van der Waals surface area contributed by atoms with E-state index in [1.165, 1.54) is 16.8 Å². The maximum atomic E-state index is 13.1. The van der Waals surface area contributed by atoms with Gasteiger partial charge in [-0.25, -0.2) is 14.5 Å². The van der Waals surface area contributed by atoms with Crippen molar-refractivity contribution in [2.75, 3.05) is 13.2 Å². The summed E-state index contributed by atoms with van der Waals surface area (Å²) in [6.07, 6.45) is 2.29. The van der Waals surface area contributed by atoms with Crippen molar-refractivity contribution in [2.45, 2.75) is 25.4 Å². The molecule has 5 rings (SSSR count). The number of imidazole rings is 1. The maximum absolute atomic E-state index is 13.1. The lowest BCUT2D eigenvalue weighted by Crippen LogP contribution is -2.26. The Morgan fingerprint density at radius 2 is 1.91 bits per heavy atom. The number of nitrogens with one attached hydrogen (secondary N) is 1. The third kappa shape index (κ3) is 5.23. The second kappa shape index (κ2) is 9.32. The number of nitrogens with zero attached hydrogens (tertiary/aromatic N) is 5. The molecule has 1 aliphatic rings. The number of ether oxygens (including phenoxy) is 1. The molecule has 4 aromatic heterocycles. The highest BCUT2D eigenvalue weighted by Gasteiger charge is 2.32. The lowest BCUT2D eigenvalue weighted by molar-refractivity contribution is -0.141. The zero-order valence-electron chi connectivity index (χ0n) is 18.5. The van der Waals surface area contributed by atoms with Gasteiger partial charge in [0.15, 0.2) is 5.65 Å². The molecule has 1 amide bonds. The molecule has 0 bridgehead atoms. The maximum Gasteiger partial charge on any atom is 0.433 e. The first-order valence-corrected chi connectivity index (χ1v) is 11.1. The summed E-state index contributed by atoms with van der Waals surface area (Å²) in [7, 11) is 0. The van der Waals surface area contributed by atoms with Gasteiger partial charge in [0.2, 0.25) is 11.8 Å². The molecule has 180 valence electrons. The van der Waals surface area contributed by atoms with Crippen LogP contribution in [0.4, 0.5) is 13.2 Å². The predicted octanol–water partition coefficient (Wildman–Crippen LogP) is 4.17. The van der Waals surface area contributed by atoms with E-state index in [9.17, 15) is 18.0 Å². The van der Waals surface area contributed by atoms with Gasteiger partial charge in [-0.3, -0.25) is 9.78 Å². The lowest BCUT2D eigenvalue weighted by atomic mass is 10.1. The Hall–Kier alpha value is -4.02. The van der Waals surface area contributed by atoms with Crippen molar-refractivity contribution in [1.82, 2.24) is 29.9 Å². The molecular formula is C24H21F3N6O2. The topological polar surface area (TPSA) is 94.3 Å². The van der Waals surface area contributed by atoms with E-state index in [0.717, 1.165) is 25.1 Å². The Kier molecular flexibility index (Phi) is 6.06. The van der Waals surface area contributed by atoms with Crippen LogP contribution in [0.15, 0.2) is 55.0 Å². The van der Waals surface area contributed by atoms with Gasteiger partial charge in [-0.05, 0) is 49.6 Å². The SMILES string of the molecule is O=C(NCCCOc1ccc(-c2ccc3ncc(-c4ccnc(C(F)(F)F)c4)n3n2)cn1)C1CC1. The van der Waals surface area contributed by atoms with Gasteiger partial charge in [-0.1, -0.05) is 0 Å². The van der Waals surface area contributed by atoms with Gasteiger partial charge in [0, 0.05) is 42.0 Å². The zero-order valence-corrected chi connectivity index (χ0v) is 18.5. The third-order valence-corrected chi connectivity index (χ3v) is 5.56. The average molecular weight is 482 g/mol. The van der Waals surface area contributed by atoms with Gasteiger partial charge in [0.1, 0.15) is 5.69 Å². The molecule has 11 heteroatoms. The number of fused-ring (bicyclic) bond motifs is 1. The molecule has 1 aliphatic carbocycles. The van der Waals surface area contributed by atoms with Crippen LogP contribution < -0.4 is 10.1 Å². The van der Waals surface area contributed by atoms with E-state index >= 15 is 0 Å². The summed E-state index contributed by atoms with van der Waals surface area (Å²) in [5.74, 6) is 0.754. The number of alkyl halides is 3. The molecule has 35 heavy (non-hydrogen) atoms. The van der Waals surface area contributed by atoms with Gasteiger partial charge >= 0.3 is 6.18 Å². The normalized spacial score (nSPS) is 13.7. The number of carbonyl (C=O) groups is 1. The second-order valence-electron chi connectivity index (χ2n) is 8.21. The van der Waals surface area contributed by atoms with Crippen LogP contribution in [-0.4, -0.2) is 43.6 Å². The van der Waals surface area contributed by atoms with Crippen LogP contribution in [0.3, 0.4) is 0 Å². The Morgan fingerprint density at radius 1 is 1.06 bits per heavy atom. The fourth-order valence-corrected chi connectivity index (χ4v) is 3.54. The Bertz CT molecular complexity index is 1350. The first-order chi connectivity index (χ1) is 16.9. The van der Waals surface area contributed by atoms with Gasteiger partial charge in [-0.15, -0.1) is 0 Å². The molecule has 0 atom stereocenters. The highest BCUT2D eigenvalue weighted by molar-refractivity contribution is 5.80. The molecule has 4 aromatic rings. The van der Waals surface area contributed by atoms with E-state index in [-0.39, 0.29) is 11.8 Å². The number of halogens is 3. The van der Waals surface area contributed by atoms with Crippen LogP contribution in [0.25, 0.3) is 28.2 Å². The van der Waals surface area contributed by atoms with E-state index in [1.54, 1.807) is 30.5 Å². The third-order valence-electron chi connectivity index (χ3n) is 5.56. The number of amides is 1. The molecule has 0 spiro atoms. The molecule has 1 fully saturated rings. The monoisotopic (exact) mass is 482 g/mol. The molecular weight excluding hydrogens is 461 g/mol. The molecule has 0 radical (unpaired) electrons. The summed E-state index contributed by atoms with van der Waals surface area (Å²) >= 11 is 0. The van der Waals surface area contributed by atoms with Crippen LogP contribution >= 0.6 is 0 Å². The van der Waals surface area contributed by atoms with Crippen molar-refractivity contribution < 1.29 is 22.7 Å². The van der Waals surface area contributed by atoms with Gasteiger partial charge in [0.25, 0.3) is 0 Å². The van der Waals surface area contributed by atoms with E-state index in [0.29, 0.717) is 53.6 Å². The Morgan fingerprint density at radius 3 is 2.66 bits per heavy atom. The molecule has 0 unspecified atom stereocenters. The highest BCUT2D eigenvalue weighted by atomic mass is 19.4. The van der Waals surface area contributed by atoms with Crippen molar-refractivity contribution in [3.05, 3.63) is 60.7 Å². The average Bonchev–Trinajstić information content (AvgIpc) is 3.63. The Balaban J connectivity index is 1.27. The number of hydrogen-bond donors (Lipinski definition) is 1. The van der Waals surface area contributed by atoms with Crippen LogP contribution in [0.2, 0.25) is 0 Å². The summed E-state index contributed by atoms with van der Waals surface area (Å²) in [6, 6.07) is 9.48. The molecule has 0 aromatic carbocycles. The summed E-state index contributed by atoms with van der Waals surface area (Å²) in [4.78, 5) is 23.6. The van der Waals surface area contributed by atoms with Crippen molar-refractivity contribution in [3.8, 4) is 28.4 Å². The molecule has 4 heterocycles. The summed E-state index contributed by atoms with van der Waals surface area (Å²) in [5, 5.41) is 7.44. The van der Waals surface area contributed by atoms with Crippen molar-refractivity contribution in [2.24, 2.45) is 5.92 Å². The van der Waals surface area contributed by atoms with Crippen molar-refractivity contribution in [1.29, 1.82) is 0 Å². The molecule has 1 N–H and O–H groups in total. The molecule has 0 aliphatic heterocycles. The largest absolute Gasteiger partial charge is 0.478 e. The van der Waals surface area contributed by atoms with Gasteiger partial charge in [-0.2, -0.15) is 18.3 Å². The van der Waals surface area contributed by atoms with Crippen LogP contribution in [0, 0.1) is 5.92 Å². The van der Waals surface area contributed by atoms with E-state index < -0.39 is 11.9 Å². The lowest BCUT2D eigenvalue weighted by Gasteiger charge is -2.09. The molecule has 8 nitrogen and oxygen atoms in total. The first-order valence-electron chi connectivity index (χ1n) is 11.1. The predicted molar refractivity (Wildman–Crippen MR) is 120 cm³/mol. The summed E-state index contributed by atoms with van der Waals surface area (Å²) < 4.78 is 46.4. The second-order valence-corrected chi connectivity index (χ2v) is 8.21. The van der Waals surface area contributed by atoms with Crippen molar-refractivity contribution >= 4 is 11.6 Å². The number of hydrogen-bond acceptors (Lipinski definition) is 6. The number of rotatable bonds is 8. The standard InChI is InChI=1S/C24H21F3N6O2/c25-24(26,27)20-12-16(8-10-28-20)19-14-30-21-6-5-18(32-33(19)21)17-4-7-22(31-13-17)35-11-1-9-29-23(34)15-2-3-15/h4-8,10,12-15H,1-3,9,11H2,(H,29,34). The van der Waals surface area contributed by atoms with E-state index in [2.05, 4.69) is 25.4 Å². The number of aromatic nitrogens is 5. The highest BCUT2D eigenvalue weighted by Crippen LogP contribution is 2.31. The van der Waals surface area contributed by atoms with Crippen LogP contribution in [0.5, 0.6) is 5.88 Å². The van der Waals surface area contributed by atoms with Gasteiger partial charge in [0.05, 0.1) is 24.2 Å². The van der Waals surface area contributed by atoms with E-state index in [4.69, 9.17) is 4.74 Å². The number of pyridine rings is 2. The Labute approximate surface area is 198 Å². The fourth-order valence-electron chi connectivity index (χ4n) is 3.54. The van der Waals surface area contributed by atoms with E-state index in [1.807, 2.05) is 0 Å².